The number of hydrogen-bond acceptors (Lipinski definition) is 3. The summed E-state index contributed by atoms with van der Waals surface area (Å²) in [5.74, 6) is 0. The quantitative estimate of drug-likeness (QED) is 0.679. The first-order chi connectivity index (χ1) is 13.1. The van der Waals surface area contributed by atoms with Gasteiger partial charge in [-0.3, -0.25) is 4.79 Å². The van der Waals surface area contributed by atoms with Crippen LogP contribution in [0.5, 0.6) is 0 Å². The Hall–Kier alpha value is -2.17. The molecule has 0 unspecified atom stereocenters. The maximum Gasteiger partial charge on any atom is 0.274 e. The third-order valence-electron chi connectivity index (χ3n) is 5.39. The standard InChI is InChI=1S/C22H24ClN3O/c1-25-13-5-4-6-18(15-25)26-22(27)20-8-3-2-7-19(20)21(24-26)14-16-9-11-17(23)12-10-16/h2-3,7-12,18H,4-6,13-15H2,1H3/t18-/m0/s1. The molecule has 0 amide bonds. The van der Waals surface area contributed by atoms with Crippen molar-refractivity contribution in [2.24, 2.45) is 0 Å². The lowest BCUT2D eigenvalue weighted by Crippen LogP contribution is -2.34. The van der Waals surface area contributed by atoms with Crippen molar-refractivity contribution in [2.75, 3.05) is 20.1 Å². The zero-order valence-electron chi connectivity index (χ0n) is 15.6. The molecule has 1 aliphatic heterocycles. The Balaban J connectivity index is 1.81. The van der Waals surface area contributed by atoms with Gasteiger partial charge in [-0.25, -0.2) is 4.68 Å². The van der Waals surface area contributed by atoms with Crippen LogP contribution in [0.4, 0.5) is 0 Å². The molecule has 3 aromatic rings. The van der Waals surface area contributed by atoms with Gasteiger partial charge in [-0.15, -0.1) is 0 Å². The minimum Gasteiger partial charge on any atom is -0.304 e. The van der Waals surface area contributed by atoms with Gasteiger partial charge in [-0.1, -0.05) is 41.9 Å². The lowest BCUT2D eigenvalue weighted by Gasteiger charge is -2.22. The van der Waals surface area contributed by atoms with Crippen LogP contribution >= 0.6 is 11.6 Å². The van der Waals surface area contributed by atoms with Crippen LogP contribution in [0.25, 0.3) is 10.8 Å². The molecule has 1 fully saturated rings. The maximum atomic E-state index is 13.2. The van der Waals surface area contributed by atoms with E-state index in [2.05, 4.69) is 11.9 Å². The van der Waals surface area contributed by atoms with Gasteiger partial charge < -0.3 is 4.90 Å². The molecular formula is C22H24ClN3O. The normalized spacial score (nSPS) is 18.5. The molecule has 140 valence electrons. The average molecular weight is 382 g/mol. The minimum absolute atomic E-state index is 0.0192. The van der Waals surface area contributed by atoms with E-state index in [4.69, 9.17) is 16.7 Å². The summed E-state index contributed by atoms with van der Waals surface area (Å²) in [4.78, 5) is 15.5. The number of rotatable bonds is 3. The number of nitrogens with zero attached hydrogens (tertiary/aromatic N) is 3. The van der Waals surface area contributed by atoms with E-state index in [1.165, 1.54) is 6.42 Å². The van der Waals surface area contributed by atoms with Gasteiger partial charge in [0.05, 0.1) is 17.1 Å². The fourth-order valence-corrected chi connectivity index (χ4v) is 4.08. The highest BCUT2D eigenvalue weighted by Crippen LogP contribution is 2.22. The smallest absolute Gasteiger partial charge is 0.274 e. The van der Waals surface area contributed by atoms with Crippen LogP contribution in [-0.2, 0) is 6.42 Å². The number of aromatic nitrogens is 2. The van der Waals surface area contributed by atoms with Crippen molar-refractivity contribution in [3.8, 4) is 0 Å². The molecule has 0 aliphatic carbocycles. The molecule has 0 saturated carbocycles. The molecular weight excluding hydrogens is 358 g/mol. The largest absolute Gasteiger partial charge is 0.304 e. The van der Waals surface area contributed by atoms with Gasteiger partial charge in [-0.05, 0) is 56.6 Å². The van der Waals surface area contributed by atoms with Crippen molar-refractivity contribution >= 4 is 22.4 Å². The Morgan fingerprint density at radius 1 is 1.07 bits per heavy atom. The summed E-state index contributed by atoms with van der Waals surface area (Å²) in [7, 11) is 2.12. The first kappa shape index (κ1) is 18.2. The molecule has 2 aromatic carbocycles. The molecule has 1 saturated heterocycles. The van der Waals surface area contributed by atoms with Crippen LogP contribution in [0, 0.1) is 0 Å². The molecule has 1 aliphatic rings. The van der Waals surface area contributed by atoms with Crippen LogP contribution in [0.2, 0.25) is 5.02 Å². The highest BCUT2D eigenvalue weighted by molar-refractivity contribution is 6.30. The molecule has 27 heavy (non-hydrogen) atoms. The second kappa shape index (κ2) is 7.83. The van der Waals surface area contributed by atoms with Crippen molar-refractivity contribution in [3.63, 3.8) is 0 Å². The molecule has 4 nitrogen and oxygen atoms in total. The Bertz CT molecular complexity index is 997. The Morgan fingerprint density at radius 3 is 2.59 bits per heavy atom. The van der Waals surface area contributed by atoms with Crippen molar-refractivity contribution in [1.82, 2.24) is 14.7 Å². The zero-order valence-corrected chi connectivity index (χ0v) is 16.3. The van der Waals surface area contributed by atoms with Gasteiger partial charge in [0.2, 0.25) is 0 Å². The number of likely N-dealkylation sites (N-methyl/N-ethyl adjacent to an activating group) is 1. The van der Waals surface area contributed by atoms with E-state index in [-0.39, 0.29) is 11.6 Å². The molecule has 1 aromatic heterocycles. The summed E-state index contributed by atoms with van der Waals surface area (Å²) in [5, 5.41) is 7.28. The molecule has 1 atom stereocenters. The predicted octanol–water partition coefficient (Wildman–Crippen LogP) is 4.30. The van der Waals surface area contributed by atoms with Gasteiger partial charge >= 0.3 is 0 Å². The Morgan fingerprint density at radius 2 is 1.81 bits per heavy atom. The van der Waals surface area contributed by atoms with Crippen LogP contribution in [0.3, 0.4) is 0 Å². The third kappa shape index (κ3) is 3.92. The number of halogens is 1. The lowest BCUT2D eigenvalue weighted by atomic mass is 10.0. The highest BCUT2D eigenvalue weighted by atomic mass is 35.5. The highest BCUT2D eigenvalue weighted by Gasteiger charge is 2.21. The number of fused-ring (bicyclic) bond motifs is 1. The fourth-order valence-electron chi connectivity index (χ4n) is 3.95. The summed E-state index contributed by atoms with van der Waals surface area (Å²) in [6.07, 6.45) is 3.98. The van der Waals surface area contributed by atoms with E-state index < -0.39 is 0 Å². The van der Waals surface area contributed by atoms with Gasteiger partial charge in [0.25, 0.3) is 5.56 Å². The number of benzene rings is 2. The monoisotopic (exact) mass is 381 g/mol. The van der Waals surface area contributed by atoms with E-state index >= 15 is 0 Å². The van der Waals surface area contributed by atoms with E-state index in [0.29, 0.717) is 6.42 Å². The first-order valence-electron chi connectivity index (χ1n) is 9.55. The maximum absolute atomic E-state index is 13.2. The van der Waals surface area contributed by atoms with Crippen LogP contribution in [0.15, 0.2) is 53.3 Å². The minimum atomic E-state index is 0.0192. The van der Waals surface area contributed by atoms with E-state index in [9.17, 15) is 4.79 Å². The van der Waals surface area contributed by atoms with Gasteiger partial charge in [0.1, 0.15) is 0 Å². The van der Waals surface area contributed by atoms with E-state index in [0.717, 1.165) is 53.0 Å². The molecule has 4 rings (SSSR count). The molecule has 0 radical (unpaired) electrons. The molecule has 5 heteroatoms. The Kier molecular flexibility index (Phi) is 5.28. The summed E-state index contributed by atoms with van der Waals surface area (Å²) in [5.41, 5.74) is 2.10. The Labute approximate surface area is 164 Å². The summed E-state index contributed by atoms with van der Waals surface area (Å²) in [6, 6.07) is 15.8. The van der Waals surface area contributed by atoms with Gasteiger partial charge in [-0.2, -0.15) is 5.10 Å². The second-order valence-electron chi connectivity index (χ2n) is 7.46. The molecule has 0 N–H and O–H groups in total. The van der Waals surface area contributed by atoms with Gasteiger partial charge in [0.15, 0.2) is 0 Å². The topological polar surface area (TPSA) is 38.1 Å². The SMILES string of the molecule is CN1CCCC[C@H](n2nc(Cc3ccc(Cl)cc3)c3ccccc3c2=O)C1. The second-order valence-corrected chi connectivity index (χ2v) is 7.89. The van der Waals surface area contributed by atoms with Crippen molar-refractivity contribution in [2.45, 2.75) is 31.7 Å². The molecule has 2 heterocycles. The van der Waals surface area contributed by atoms with Crippen LogP contribution in [-0.4, -0.2) is 34.8 Å². The van der Waals surface area contributed by atoms with Crippen molar-refractivity contribution in [1.29, 1.82) is 0 Å². The lowest BCUT2D eigenvalue weighted by molar-refractivity contribution is 0.281. The van der Waals surface area contributed by atoms with Crippen molar-refractivity contribution < 1.29 is 0 Å². The number of hydrogen-bond donors (Lipinski definition) is 0. The fraction of sp³-hybridized carbons (Fsp3) is 0.364. The first-order valence-corrected chi connectivity index (χ1v) is 9.93. The summed E-state index contributed by atoms with van der Waals surface area (Å²) >= 11 is 6.02. The van der Waals surface area contributed by atoms with Crippen LogP contribution in [0.1, 0.15) is 36.6 Å². The van der Waals surface area contributed by atoms with E-state index in [1.807, 2.05) is 48.5 Å². The predicted molar refractivity (Wildman–Crippen MR) is 111 cm³/mol. The third-order valence-corrected chi connectivity index (χ3v) is 5.64. The summed E-state index contributed by atoms with van der Waals surface area (Å²) < 4.78 is 1.75. The average Bonchev–Trinajstić information content (AvgIpc) is 2.90. The molecule has 0 bridgehead atoms. The number of likely N-dealkylation sites (tertiary alicyclic amines) is 1. The van der Waals surface area contributed by atoms with Crippen LogP contribution < -0.4 is 5.56 Å². The van der Waals surface area contributed by atoms with Gasteiger partial charge in [0, 0.05) is 23.4 Å². The zero-order chi connectivity index (χ0) is 18.8. The van der Waals surface area contributed by atoms with E-state index in [1.54, 1.807) is 4.68 Å². The van der Waals surface area contributed by atoms with Crippen molar-refractivity contribution in [3.05, 3.63) is 75.2 Å². The summed E-state index contributed by atoms with van der Waals surface area (Å²) in [6.45, 7) is 1.95. The molecule has 0 spiro atoms.